The molecule has 1 aliphatic rings. The number of aliphatic imine (C=N–C) groups is 1. The van der Waals surface area contributed by atoms with Crippen LogP contribution in [0.5, 0.6) is 0 Å². The van der Waals surface area contributed by atoms with Gasteiger partial charge in [-0.05, 0) is 29.8 Å². The minimum Gasteiger partial charge on any atom is -0.468 e. The quantitative estimate of drug-likeness (QED) is 0.869. The fourth-order valence-corrected chi connectivity index (χ4v) is 1.92. The maximum Gasteiger partial charge on any atom is 0.209 e. The molecule has 3 nitrogen and oxygen atoms in total. The summed E-state index contributed by atoms with van der Waals surface area (Å²) in [5, 5.41) is 9.14. The second kappa shape index (κ2) is 5.98. The van der Waals surface area contributed by atoms with Crippen LogP contribution in [-0.2, 0) is 4.74 Å². The maximum absolute atomic E-state index is 9.14. The zero-order chi connectivity index (χ0) is 13.0. The van der Waals surface area contributed by atoms with E-state index in [-0.39, 0.29) is 18.8 Å². The topological polar surface area (TPSA) is 41.8 Å². The number of benzene rings is 1. The molecular formula is C14H14BrNO2. The van der Waals surface area contributed by atoms with E-state index in [4.69, 9.17) is 9.84 Å². The lowest BCUT2D eigenvalue weighted by Crippen LogP contribution is -2.22. The summed E-state index contributed by atoms with van der Waals surface area (Å²) >= 11 is 3.39. The lowest BCUT2D eigenvalue weighted by atomic mass is 10.2. The molecule has 0 fully saturated rings. The van der Waals surface area contributed by atoms with Crippen molar-refractivity contribution in [1.82, 2.24) is 0 Å². The molecule has 1 N–H and O–H groups in total. The number of aliphatic hydroxyl groups excluding tert-OH is 1. The van der Waals surface area contributed by atoms with Crippen LogP contribution in [0.3, 0.4) is 0 Å². The molecule has 1 aromatic rings. The van der Waals surface area contributed by atoms with Crippen LogP contribution in [0, 0.1) is 0 Å². The molecule has 0 saturated heterocycles. The molecule has 4 heteroatoms. The molecule has 0 unspecified atom stereocenters. The number of aliphatic hydroxyl groups is 1. The number of rotatable bonds is 4. The van der Waals surface area contributed by atoms with Gasteiger partial charge in [-0.25, -0.2) is 4.99 Å². The van der Waals surface area contributed by atoms with Crippen LogP contribution in [0.15, 0.2) is 52.5 Å². The highest BCUT2D eigenvalue weighted by molar-refractivity contribution is 9.10. The number of ether oxygens (including phenoxy) is 1. The molecule has 0 saturated carbocycles. The highest BCUT2D eigenvalue weighted by Gasteiger charge is 2.26. The molecular weight excluding hydrogens is 294 g/mol. The summed E-state index contributed by atoms with van der Waals surface area (Å²) in [5.41, 5.74) is 1.06. The predicted molar refractivity (Wildman–Crippen MR) is 76.6 cm³/mol. The van der Waals surface area contributed by atoms with Gasteiger partial charge < -0.3 is 9.84 Å². The molecule has 1 aromatic carbocycles. The van der Waals surface area contributed by atoms with Crippen molar-refractivity contribution >= 4 is 27.9 Å². The van der Waals surface area contributed by atoms with Gasteiger partial charge in [-0.3, -0.25) is 0 Å². The number of halogens is 1. The summed E-state index contributed by atoms with van der Waals surface area (Å²) in [6, 6.07) is 7.68. The van der Waals surface area contributed by atoms with Gasteiger partial charge in [0.1, 0.15) is 12.1 Å². The zero-order valence-corrected chi connectivity index (χ0v) is 11.4. The Balaban J connectivity index is 2.06. The summed E-state index contributed by atoms with van der Waals surface area (Å²) in [6.07, 6.45) is 5.14. The lowest BCUT2D eigenvalue weighted by molar-refractivity contribution is 0.185. The van der Waals surface area contributed by atoms with Crippen molar-refractivity contribution in [3.05, 3.63) is 53.0 Å². The standard InChI is InChI=1S/C14H14BrNO2/c1-2-13-12(9-17)16-14(18-13)8-5-10-3-6-11(15)7-4-10/h2-8,12-13,17H,1,9H2/b8-5+/t12-,13-/m0/s1. The predicted octanol–water partition coefficient (Wildman–Crippen LogP) is 2.81. The Morgan fingerprint density at radius 1 is 1.33 bits per heavy atom. The summed E-state index contributed by atoms with van der Waals surface area (Å²) < 4.78 is 6.58. The number of nitrogens with zero attached hydrogens (tertiary/aromatic N) is 1. The highest BCUT2D eigenvalue weighted by atomic mass is 79.9. The normalized spacial score (nSPS) is 22.9. The Hall–Kier alpha value is -1.39. The van der Waals surface area contributed by atoms with E-state index in [0.29, 0.717) is 5.90 Å². The summed E-state index contributed by atoms with van der Waals surface area (Å²) in [4.78, 5) is 4.27. The zero-order valence-electron chi connectivity index (χ0n) is 9.79. The van der Waals surface area contributed by atoms with E-state index < -0.39 is 0 Å². The Labute approximate surface area is 115 Å². The van der Waals surface area contributed by atoms with E-state index in [1.807, 2.05) is 30.3 Å². The third kappa shape index (κ3) is 3.09. The molecule has 0 spiro atoms. The number of hydrogen-bond acceptors (Lipinski definition) is 3. The first-order chi connectivity index (χ1) is 8.72. The van der Waals surface area contributed by atoms with E-state index in [1.54, 1.807) is 12.2 Å². The van der Waals surface area contributed by atoms with Gasteiger partial charge >= 0.3 is 0 Å². The largest absolute Gasteiger partial charge is 0.468 e. The fraction of sp³-hybridized carbons (Fsp3) is 0.214. The van der Waals surface area contributed by atoms with E-state index in [2.05, 4.69) is 27.5 Å². The molecule has 0 aliphatic carbocycles. The minimum absolute atomic E-state index is 0.0354. The van der Waals surface area contributed by atoms with Gasteiger partial charge in [0.15, 0.2) is 0 Å². The molecule has 94 valence electrons. The maximum atomic E-state index is 9.14. The average Bonchev–Trinajstić information content (AvgIpc) is 2.80. The van der Waals surface area contributed by atoms with Crippen LogP contribution >= 0.6 is 15.9 Å². The highest BCUT2D eigenvalue weighted by Crippen LogP contribution is 2.16. The van der Waals surface area contributed by atoms with Gasteiger partial charge in [-0.2, -0.15) is 0 Å². The van der Waals surface area contributed by atoms with E-state index in [9.17, 15) is 0 Å². The Bertz CT molecular complexity index is 479. The van der Waals surface area contributed by atoms with Gasteiger partial charge in [0.2, 0.25) is 5.90 Å². The Morgan fingerprint density at radius 3 is 2.61 bits per heavy atom. The first kappa shape index (κ1) is 13.1. The summed E-state index contributed by atoms with van der Waals surface area (Å²) in [5.74, 6) is 0.530. The summed E-state index contributed by atoms with van der Waals surface area (Å²) in [6.45, 7) is 3.63. The van der Waals surface area contributed by atoms with Gasteiger partial charge in [0.05, 0.1) is 6.61 Å². The second-order valence-electron chi connectivity index (χ2n) is 3.92. The fourth-order valence-electron chi connectivity index (χ4n) is 1.66. The number of hydrogen-bond donors (Lipinski definition) is 1. The van der Waals surface area contributed by atoms with Crippen LogP contribution in [0.1, 0.15) is 5.56 Å². The molecule has 0 amide bonds. The SMILES string of the molecule is C=C[C@@H]1OC(/C=C/c2ccc(Br)cc2)=N[C@H]1CO. The first-order valence-corrected chi connectivity index (χ1v) is 6.44. The van der Waals surface area contributed by atoms with Gasteiger partial charge in [0.25, 0.3) is 0 Å². The van der Waals surface area contributed by atoms with Crippen LogP contribution in [0.4, 0.5) is 0 Å². The van der Waals surface area contributed by atoms with Crippen molar-refractivity contribution in [2.24, 2.45) is 4.99 Å². The molecule has 2 atom stereocenters. The first-order valence-electron chi connectivity index (χ1n) is 5.64. The van der Waals surface area contributed by atoms with Crippen molar-refractivity contribution in [2.45, 2.75) is 12.1 Å². The van der Waals surface area contributed by atoms with Crippen LogP contribution < -0.4 is 0 Å². The Morgan fingerprint density at radius 2 is 2.06 bits per heavy atom. The molecule has 1 aliphatic heterocycles. The monoisotopic (exact) mass is 307 g/mol. The molecule has 1 heterocycles. The van der Waals surface area contributed by atoms with Gasteiger partial charge in [0, 0.05) is 10.5 Å². The van der Waals surface area contributed by atoms with Gasteiger partial charge in [-0.1, -0.05) is 34.6 Å². The van der Waals surface area contributed by atoms with Crippen molar-refractivity contribution in [1.29, 1.82) is 0 Å². The second-order valence-corrected chi connectivity index (χ2v) is 4.84. The van der Waals surface area contributed by atoms with Crippen LogP contribution in [0.25, 0.3) is 6.08 Å². The molecule has 0 bridgehead atoms. The van der Waals surface area contributed by atoms with Crippen LogP contribution in [-0.4, -0.2) is 29.8 Å². The van der Waals surface area contributed by atoms with E-state index in [1.165, 1.54) is 0 Å². The van der Waals surface area contributed by atoms with Gasteiger partial charge in [-0.15, -0.1) is 0 Å². The van der Waals surface area contributed by atoms with Crippen LogP contribution in [0.2, 0.25) is 0 Å². The summed E-state index contributed by atoms with van der Waals surface area (Å²) in [7, 11) is 0. The molecule has 0 aromatic heterocycles. The van der Waals surface area contributed by atoms with Crippen molar-refractivity contribution in [3.8, 4) is 0 Å². The smallest absolute Gasteiger partial charge is 0.209 e. The lowest BCUT2D eigenvalue weighted by Gasteiger charge is -2.09. The van der Waals surface area contributed by atoms with E-state index >= 15 is 0 Å². The third-order valence-corrected chi connectivity index (χ3v) is 3.17. The molecule has 2 rings (SSSR count). The average molecular weight is 308 g/mol. The Kier molecular flexibility index (Phi) is 4.33. The van der Waals surface area contributed by atoms with E-state index in [0.717, 1.165) is 10.0 Å². The van der Waals surface area contributed by atoms with Crippen molar-refractivity contribution in [3.63, 3.8) is 0 Å². The molecule has 0 radical (unpaired) electrons. The minimum atomic E-state index is -0.243. The van der Waals surface area contributed by atoms with Crippen molar-refractivity contribution < 1.29 is 9.84 Å². The third-order valence-electron chi connectivity index (χ3n) is 2.64. The van der Waals surface area contributed by atoms with Crippen molar-refractivity contribution in [2.75, 3.05) is 6.61 Å². The molecule has 18 heavy (non-hydrogen) atoms.